The fraction of sp³-hybridized carbons (Fsp3) is 0.800. The molecule has 6 atom stereocenters. The van der Waals surface area contributed by atoms with Gasteiger partial charge in [0, 0.05) is 0 Å². The van der Waals surface area contributed by atoms with Crippen LogP contribution in [0.25, 0.3) is 0 Å². The number of esters is 1. The molecule has 0 aromatic heterocycles. The Hall–Kier alpha value is -0.870. The van der Waals surface area contributed by atoms with E-state index in [1.54, 1.807) is 0 Å². The van der Waals surface area contributed by atoms with Crippen LogP contribution in [0.2, 0.25) is 0 Å². The van der Waals surface area contributed by atoms with Gasteiger partial charge in [0.1, 0.15) is 6.10 Å². The van der Waals surface area contributed by atoms with E-state index in [2.05, 4.69) is 6.92 Å². The third kappa shape index (κ3) is 1.84. The number of fused-ring (bicyclic) bond motifs is 2. The molecule has 0 spiro atoms. The van der Waals surface area contributed by atoms with E-state index in [0.717, 1.165) is 25.7 Å². The SMILES string of the molecule is COC(=O)C1CCC2OC2C1=C1CC2OC2CC1C. The molecule has 104 valence electrons. The maximum Gasteiger partial charge on any atom is 0.312 e. The second-order valence-corrected chi connectivity index (χ2v) is 6.28. The first-order chi connectivity index (χ1) is 9.19. The van der Waals surface area contributed by atoms with Gasteiger partial charge in [-0.05, 0) is 37.2 Å². The molecule has 0 bridgehead atoms. The van der Waals surface area contributed by atoms with Crippen molar-refractivity contribution >= 4 is 5.97 Å². The Balaban J connectivity index is 1.70. The van der Waals surface area contributed by atoms with Crippen molar-refractivity contribution in [1.82, 2.24) is 0 Å². The normalized spacial score (nSPS) is 51.1. The van der Waals surface area contributed by atoms with Crippen LogP contribution in [0, 0.1) is 11.8 Å². The number of ether oxygens (including phenoxy) is 3. The summed E-state index contributed by atoms with van der Waals surface area (Å²) in [6.07, 6.45) is 5.34. The fourth-order valence-corrected chi connectivity index (χ4v) is 3.99. The molecule has 6 unspecified atom stereocenters. The van der Waals surface area contributed by atoms with Gasteiger partial charge in [-0.15, -0.1) is 0 Å². The second-order valence-electron chi connectivity index (χ2n) is 6.28. The van der Waals surface area contributed by atoms with Crippen molar-refractivity contribution in [2.24, 2.45) is 11.8 Å². The molecule has 0 N–H and O–H groups in total. The van der Waals surface area contributed by atoms with Crippen molar-refractivity contribution in [3.8, 4) is 0 Å². The maximum absolute atomic E-state index is 12.0. The van der Waals surface area contributed by atoms with E-state index in [-0.39, 0.29) is 18.0 Å². The average Bonchev–Trinajstić information content (AvgIpc) is 3.29. The standard InChI is InChI=1S/C15H20O4/c1-7-5-11-12(18-11)6-9(7)13-8(15(16)17-2)3-4-10-14(13)19-10/h7-8,10-12,14H,3-6H2,1-2H3. The van der Waals surface area contributed by atoms with Gasteiger partial charge in [-0.25, -0.2) is 0 Å². The summed E-state index contributed by atoms with van der Waals surface area (Å²) in [5.41, 5.74) is 2.66. The largest absolute Gasteiger partial charge is 0.469 e. The van der Waals surface area contributed by atoms with Crippen LogP contribution in [-0.2, 0) is 19.0 Å². The number of rotatable bonds is 1. The predicted octanol–water partition coefficient (Wildman–Crippen LogP) is 1.83. The van der Waals surface area contributed by atoms with Gasteiger partial charge in [-0.2, -0.15) is 0 Å². The third-order valence-electron chi connectivity index (χ3n) is 5.15. The molecule has 2 heterocycles. The fourth-order valence-electron chi connectivity index (χ4n) is 3.99. The van der Waals surface area contributed by atoms with Crippen molar-refractivity contribution in [3.63, 3.8) is 0 Å². The van der Waals surface area contributed by atoms with Crippen LogP contribution in [0.3, 0.4) is 0 Å². The first-order valence-electron chi connectivity index (χ1n) is 7.30. The van der Waals surface area contributed by atoms with E-state index in [4.69, 9.17) is 14.2 Å². The molecule has 19 heavy (non-hydrogen) atoms. The Bertz CT molecular complexity index is 455. The Labute approximate surface area is 113 Å². The summed E-state index contributed by atoms with van der Waals surface area (Å²) in [7, 11) is 1.48. The zero-order valence-corrected chi connectivity index (χ0v) is 11.4. The Morgan fingerprint density at radius 3 is 2.84 bits per heavy atom. The topological polar surface area (TPSA) is 51.4 Å². The highest BCUT2D eigenvalue weighted by Crippen LogP contribution is 2.51. The van der Waals surface area contributed by atoms with Crippen molar-refractivity contribution < 1.29 is 19.0 Å². The lowest BCUT2D eigenvalue weighted by molar-refractivity contribution is -0.144. The summed E-state index contributed by atoms with van der Waals surface area (Å²) >= 11 is 0. The van der Waals surface area contributed by atoms with Crippen molar-refractivity contribution in [2.45, 2.75) is 57.0 Å². The first-order valence-corrected chi connectivity index (χ1v) is 7.30. The number of epoxide rings is 2. The average molecular weight is 264 g/mol. The van der Waals surface area contributed by atoms with Gasteiger partial charge in [-0.3, -0.25) is 4.79 Å². The molecule has 2 aliphatic carbocycles. The maximum atomic E-state index is 12.0. The first kappa shape index (κ1) is 11.9. The van der Waals surface area contributed by atoms with Gasteiger partial charge < -0.3 is 14.2 Å². The molecule has 0 aromatic rings. The molecule has 2 saturated heterocycles. The van der Waals surface area contributed by atoms with E-state index < -0.39 is 0 Å². The van der Waals surface area contributed by atoms with Crippen LogP contribution in [0.5, 0.6) is 0 Å². The third-order valence-corrected chi connectivity index (χ3v) is 5.15. The lowest BCUT2D eigenvalue weighted by Gasteiger charge is -2.28. The van der Waals surface area contributed by atoms with Gasteiger partial charge >= 0.3 is 5.97 Å². The van der Waals surface area contributed by atoms with Gasteiger partial charge in [-0.1, -0.05) is 12.5 Å². The van der Waals surface area contributed by atoms with E-state index in [1.165, 1.54) is 18.3 Å². The van der Waals surface area contributed by atoms with E-state index in [9.17, 15) is 4.79 Å². The van der Waals surface area contributed by atoms with Crippen LogP contribution >= 0.6 is 0 Å². The monoisotopic (exact) mass is 264 g/mol. The second kappa shape index (κ2) is 4.06. The highest BCUT2D eigenvalue weighted by molar-refractivity contribution is 5.77. The molecule has 4 aliphatic rings. The predicted molar refractivity (Wildman–Crippen MR) is 67.5 cm³/mol. The zero-order valence-electron chi connectivity index (χ0n) is 11.4. The molecule has 0 aromatic carbocycles. The van der Waals surface area contributed by atoms with Gasteiger partial charge in [0.15, 0.2) is 0 Å². The minimum absolute atomic E-state index is 0.0819. The molecule has 2 aliphatic heterocycles. The van der Waals surface area contributed by atoms with Crippen LogP contribution in [-0.4, -0.2) is 37.5 Å². The molecule has 2 saturated carbocycles. The van der Waals surface area contributed by atoms with Gasteiger partial charge in [0.05, 0.1) is 31.3 Å². The van der Waals surface area contributed by atoms with Crippen LogP contribution in [0.1, 0.15) is 32.6 Å². The van der Waals surface area contributed by atoms with Crippen molar-refractivity contribution in [2.75, 3.05) is 7.11 Å². The molecule has 4 nitrogen and oxygen atoms in total. The quantitative estimate of drug-likeness (QED) is 0.412. The molecular formula is C15H20O4. The summed E-state index contributed by atoms with van der Waals surface area (Å²) in [4.78, 5) is 12.0. The molecule has 0 amide bonds. The number of hydrogen-bond acceptors (Lipinski definition) is 4. The van der Waals surface area contributed by atoms with E-state index in [0.29, 0.717) is 24.2 Å². The smallest absolute Gasteiger partial charge is 0.312 e. The summed E-state index contributed by atoms with van der Waals surface area (Å²) in [5, 5.41) is 0. The molecular weight excluding hydrogens is 244 g/mol. The molecule has 0 radical (unpaired) electrons. The number of carbonyl (C=O) groups excluding carboxylic acids is 1. The van der Waals surface area contributed by atoms with E-state index >= 15 is 0 Å². The highest BCUT2D eigenvalue weighted by Gasteiger charge is 2.54. The highest BCUT2D eigenvalue weighted by atomic mass is 16.6. The minimum Gasteiger partial charge on any atom is -0.469 e. The number of hydrogen-bond donors (Lipinski definition) is 0. The van der Waals surface area contributed by atoms with Crippen LogP contribution in [0.4, 0.5) is 0 Å². The summed E-state index contributed by atoms with van der Waals surface area (Å²) in [6.45, 7) is 2.25. The van der Waals surface area contributed by atoms with Gasteiger partial charge in [0.2, 0.25) is 0 Å². The summed E-state index contributed by atoms with van der Waals surface area (Å²) in [6, 6.07) is 0. The van der Waals surface area contributed by atoms with Crippen molar-refractivity contribution in [1.29, 1.82) is 0 Å². The summed E-state index contributed by atoms with van der Waals surface area (Å²) in [5.74, 6) is 0.331. The molecule has 4 heteroatoms. The number of carbonyl (C=O) groups is 1. The Kier molecular flexibility index (Phi) is 2.55. The van der Waals surface area contributed by atoms with Crippen LogP contribution in [0.15, 0.2) is 11.1 Å². The van der Waals surface area contributed by atoms with Crippen molar-refractivity contribution in [3.05, 3.63) is 11.1 Å². The lowest BCUT2D eigenvalue weighted by atomic mass is 9.74. The summed E-state index contributed by atoms with van der Waals surface area (Å²) < 4.78 is 16.4. The van der Waals surface area contributed by atoms with Gasteiger partial charge in [0.25, 0.3) is 0 Å². The zero-order chi connectivity index (χ0) is 13.1. The van der Waals surface area contributed by atoms with E-state index in [1.807, 2.05) is 0 Å². The molecule has 4 fully saturated rings. The Morgan fingerprint density at radius 2 is 2.05 bits per heavy atom. The number of methoxy groups -OCH3 is 1. The Morgan fingerprint density at radius 1 is 1.21 bits per heavy atom. The van der Waals surface area contributed by atoms with Crippen LogP contribution < -0.4 is 0 Å². The lowest BCUT2D eigenvalue weighted by Crippen LogP contribution is -2.30. The molecule has 4 rings (SSSR count). The minimum atomic E-state index is -0.0949.